The van der Waals surface area contributed by atoms with E-state index in [1.165, 1.54) is 11.1 Å². The molecular formula is C20H28O3. The molecular weight excluding hydrogens is 288 g/mol. The summed E-state index contributed by atoms with van der Waals surface area (Å²) in [6, 6.07) is 3.99. The van der Waals surface area contributed by atoms with Gasteiger partial charge < -0.3 is 10.2 Å². The van der Waals surface area contributed by atoms with Crippen LogP contribution in [0.1, 0.15) is 69.6 Å². The van der Waals surface area contributed by atoms with Crippen molar-refractivity contribution in [3.63, 3.8) is 0 Å². The maximum absolute atomic E-state index is 12.4. The van der Waals surface area contributed by atoms with Gasteiger partial charge in [-0.2, -0.15) is 0 Å². The highest BCUT2D eigenvalue weighted by Gasteiger charge is 2.53. The lowest BCUT2D eigenvalue weighted by molar-refractivity contribution is -0.137. The molecule has 0 aromatic heterocycles. The molecule has 126 valence electrons. The number of Topliss-reactive ketones (excluding diaryl/α,β-unsaturated/α-hetero) is 1. The van der Waals surface area contributed by atoms with E-state index < -0.39 is 0 Å². The van der Waals surface area contributed by atoms with E-state index in [9.17, 15) is 15.0 Å². The zero-order chi connectivity index (χ0) is 17.0. The maximum Gasteiger partial charge on any atom is 0.138 e. The van der Waals surface area contributed by atoms with Crippen molar-refractivity contribution in [3.05, 3.63) is 28.8 Å². The minimum atomic E-state index is -0.294. The fraction of sp³-hybridized carbons (Fsp3) is 0.650. The molecule has 0 amide bonds. The Morgan fingerprint density at radius 1 is 1.26 bits per heavy atom. The summed E-state index contributed by atoms with van der Waals surface area (Å²) in [6.45, 7) is 8.40. The lowest BCUT2D eigenvalue weighted by Crippen LogP contribution is -2.52. The zero-order valence-electron chi connectivity index (χ0n) is 14.6. The topological polar surface area (TPSA) is 57.5 Å². The molecule has 1 aromatic carbocycles. The summed E-state index contributed by atoms with van der Waals surface area (Å²) in [4.78, 5) is 12.4. The molecule has 0 radical (unpaired) electrons. The third-order valence-corrected chi connectivity index (χ3v) is 6.61. The number of carbonyl (C=O) groups is 1. The average molecular weight is 316 g/mol. The van der Waals surface area contributed by atoms with E-state index in [1.807, 2.05) is 13.0 Å². The molecule has 0 saturated heterocycles. The average Bonchev–Trinajstić information content (AvgIpc) is 2.51. The number of phenolic OH excluding ortho intramolecular Hbond substituents is 1. The Kier molecular flexibility index (Phi) is 3.83. The van der Waals surface area contributed by atoms with Crippen LogP contribution < -0.4 is 0 Å². The van der Waals surface area contributed by atoms with Crippen LogP contribution in [0.2, 0.25) is 0 Å². The van der Waals surface area contributed by atoms with Crippen molar-refractivity contribution in [2.45, 2.75) is 64.7 Å². The van der Waals surface area contributed by atoms with E-state index >= 15 is 0 Å². The Morgan fingerprint density at radius 2 is 1.96 bits per heavy atom. The molecule has 2 aliphatic carbocycles. The molecule has 0 heterocycles. The molecule has 23 heavy (non-hydrogen) atoms. The summed E-state index contributed by atoms with van der Waals surface area (Å²) in [5, 5.41) is 19.9. The van der Waals surface area contributed by atoms with Gasteiger partial charge in [0.2, 0.25) is 0 Å². The van der Waals surface area contributed by atoms with Crippen molar-refractivity contribution in [1.29, 1.82) is 0 Å². The lowest BCUT2D eigenvalue weighted by Gasteiger charge is -2.53. The first-order valence-corrected chi connectivity index (χ1v) is 8.72. The Hall–Kier alpha value is -1.35. The molecule has 2 aliphatic rings. The molecule has 3 heteroatoms. The summed E-state index contributed by atoms with van der Waals surface area (Å²) in [5.74, 6) is 0.916. The SMILES string of the molecule is C[C@@H](CO)c1cc2c(cc1O)[C@@]1(C)CCC(=O)C(C)(C)[C@@H]1CC2. The van der Waals surface area contributed by atoms with Crippen molar-refractivity contribution in [1.82, 2.24) is 0 Å². The van der Waals surface area contributed by atoms with Gasteiger partial charge in [-0.1, -0.05) is 33.8 Å². The predicted molar refractivity (Wildman–Crippen MR) is 90.8 cm³/mol. The van der Waals surface area contributed by atoms with Gasteiger partial charge in [0.15, 0.2) is 0 Å². The smallest absolute Gasteiger partial charge is 0.138 e. The number of carbonyl (C=O) groups excluding carboxylic acids is 1. The van der Waals surface area contributed by atoms with E-state index in [0.717, 1.165) is 24.8 Å². The Balaban J connectivity index is 2.11. The maximum atomic E-state index is 12.4. The Morgan fingerprint density at radius 3 is 2.61 bits per heavy atom. The number of fused-ring (bicyclic) bond motifs is 3. The number of benzene rings is 1. The van der Waals surface area contributed by atoms with E-state index in [2.05, 4.69) is 26.8 Å². The number of hydrogen-bond donors (Lipinski definition) is 2. The fourth-order valence-electron chi connectivity index (χ4n) is 5.05. The molecule has 3 atom stereocenters. The molecule has 1 saturated carbocycles. The first-order chi connectivity index (χ1) is 10.7. The monoisotopic (exact) mass is 316 g/mol. The first-order valence-electron chi connectivity index (χ1n) is 8.72. The van der Waals surface area contributed by atoms with Gasteiger partial charge in [0.1, 0.15) is 11.5 Å². The van der Waals surface area contributed by atoms with E-state index in [-0.39, 0.29) is 29.1 Å². The fourth-order valence-corrected chi connectivity index (χ4v) is 5.05. The molecule has 1 aromatic rings. The number of ketones is 1. The number of rotatable bonds is 2. The molecule has 0 unspecified atom stereocenters. The van der Waals surface area contributed by atoms with Gasteiger partial charge in [-0.3, -0.25) is 4.79 Å². The lowest BCUT2D eigenvalue weighted by atomic mass is 9.50. The minimum absolute atomic E-state index is 0.0355. The first kappa shape index (κ1) is 16.5. The third kappa shape index (κ3) is 2.32. The second-order valence-electron chi connectivity index (χ2n) is 8.31. The summed E-state index contributed by atoms with van der Waals surface area (Å²) in [5.41, 5.74) is 2.98. The zero-order valence-corrected chi connectivity index (χ0v) is 14.6. The third-order valence-electron chi connectivity index (χ3n) is 6.61. The van der Waals surface area contributed by atoms with Gasteiger partial charge in [0.25, 0.3) is 0 Å². The Labute approximate surface area is 138 Å². The van der Waals surface area contributed by atoms with Crippen LogP contribution in [-0.2, 0) is 16.6 Å². The normalized spacial score (nSPS) is 30.5. The number of hydrogen-bond acceptors (Lipinski definition) is 3. The Bertz CT molecular complexity index is 647. The van der Waals surface area contributed by atoms with E-state index in [1.54, 1.807) is 0 Å². The standard InChI is InChI=1S/C20H28O3/c1-12(11-21)14-9-13-5-6-17-19(2,3)18(23)7-8-20(17,4)15(13)10-16(14)22/h9-10,12,17,21-22H,5-8,11H2,1-4H3/t12-,17-,20+/m0/s1. The number of phenols is 1. The molecule has 0 spiro atoms. The second-order valence-corrected chi connectivity index (χ2v) is 8.31. The van der Waals surface area contributed by atoms with Crippen molar-refractivity contribution in [3.8, 4) is 5.75 Å². The van der Waals surface area contributed by atoms with Crippen LogP contribution in [0.5, 0.6) is 5.75 Å². The number of aliphatic hydroxyl groups excluding tert-OH is 1. The molecule has 1 fully saturated rings. The van der Waals surface area contributed by atoms with Crippen LogP contribution in [-0.4, -0.2) is 22.6 Å². The molecule has 3 nitrogen and oxygen atoms in total. The van der Waals surface area contributed by atoms with Crippen molar-refractivity contribution in [2.75, 3.05) is 6.61 Å². The highest BCUT2D eigenvalue weighted by atomic mass is 16.3. The highest BCUT2D eigenvalue weighted by molar-refractivity contribution is 5.86. The quantitative estimate of drug-likeness (QED) is 0.874. The van der Waals surface area contributed by atoms with Gasteiger partial charge >= 0.3 is 0 Å². The van der Waals surface area contributed by atoms with Gasteiger partial charge in [0, 0.05) is 24.4 Å². The van der Waals surface area contributed by atoms with Crippen LogP contribution in [0.3, 0.4) is 0 Å². The molecule has 2 N–H and O–H groups in total. The van der Waals surface area contributed by atoms with Crippen LogP contribution >= 0.6 is 0 Å². The summed E-state index contributed by atoms with van der Waals surface area (Å²) in [6.07, 6.45) is 3.44. The second kappa shape index (κ2) is 5.34. The van der Waals surface area contributed by atoms with Crippen LogP contribution in [0.25, 0.3) is 0 Å². The summed E-state index contributed by atoms with van der Waals surface area (Å²) in [7, 11) is 0. The molecule has 3 rings (SSSR count). The van der Waals surface area contributed by atoms with Crippen LogP contribution in [0.15, 0.2) is 12.1 Å². The van der Waals surface area contributed by atoms with Gasteiger partial charge in [0.05, 0.1) is 0 Å². The van der Waals surface area contributed by atoms with Gasteiger partial charge in [-0.05, 0) is 53.4 Å². The van der Waals surface area contributed by atoms with Crippen molar-refractivity contribution < 1.29 is 15.0 Å². The summed E-state index contributed by atoms with van der Waals surface area (Å²) < 4.78 is 0. The predicted octanol–water partition coefficient (Wildman–Crippen LogP) is 3.70. The largest absolute Gasteiger partial charge is 0.508 e. The molecule has 0 bridgehead atoms. The highest BCUT2D eigenvalue weighted by Crippen LogP contribution is 2.56. The van der Waals surface area contributed by atoms with Crippen molar-refractivity contribution >= 4 is 5.78 Å². The van der Waals surface area contributed by atoms with Crippen LogP contribution in [0, 0.1) is 11.3 Å². The van der Waals surface area contributed by atoms with Gasteiger partial charge in [-0.15, -0.1) is 0 Å². The number of aromatic hydroxyl groups is 1. The van der Waals surface area contributed by atoms with Crippen LogP contribution in [0.4, 0.5) is 0 Å². The molecule has 0 aliphatic heterocycles. The summed E-state index contributed by atoms with van der Waals surface area (Å²) >= 11 is 0. The number of aliphatic hydroxyl groups is 1. The van der Waals surface area contributed by atoms with E-state index in [0.29, 0.717) is 18.1 Å². The van der Waals surface area contributed by atoms with E-state index in [4.69, 9.17) is 0 Å². The number of aryl methyl sites for hydroxylation is 1. The van der Waals surface area contributed by atoms with Crippen molar-refractivity contribution in [2.24, 2.45) is 11.3 Å². The minimum Gasteiger partial charge on any atom is -0.508 e. The van der Waals surface area contributed by atoms with Gasteiger partial charge in [-0.25, -0.2) is 0 Å².